The van der Waals surface area contributed by atoms with Crippen molar-refractivity contribution in [1.82, 2.24) is 9.97 Å². The normalized spacial score (nSPS) is 18.5. The summed E-state index contributed by atoms with van der Waals surface area (Å²) in [5.41, 5.74) is 3.08. The zero-order valence-corrected chi connectivity index (χ0v) is 16.6. The van der Waals surface area contributed by atoms with Crippen LogP contribution in [0.1, 0.15) is 25.7 Å². The molecule has 0 aromatic carbocycles. The van der Waals surface area contributed by atoms with Crippen LogP contribution in [0, 0.1) is 5.41 Å². The molecule has 0 unspecified atom stereocenters. The molecule has 2 aromatic heterocycles. The second kappa shape index (κ2) is 9.32. The van der Waals surface area contributed by atoms with Crippen molar-refractivity contribution in [3.63, 3.8) is 0 Å². The minimum Gasteiger partial charge on any atom is -0.475 e. The van der Waals surface area contributed by atoms with Gasteiger partial charge in [-0.15, -0.1) is 0 Å². The average Bonchev–Trinajstić information content (AvgIpc) is 2.75. The average molecular weight is 422 g/mol. The van der Waals surface area contributed by atoms with Crippen molar-refractivity contribution in [2.45, 2.75) is 31.9 Å². The fraction of sp³-hybridized carbons (Fsp3) is 0.476. The Labute approximate surface area is 173 Å². The van der Waals surface area contributed by atoms with Gasteiger partial charge in [0.1, 0.15) is 0 Å². The molecule has 1 N–H and O–H groups in total. The Morgan fingerprint density at radius 3 is 2.17 bits per heavy atom. The Morgan fingerprint density at radius 2 is 1.60 bits per heavy atom. The summed E-state index contributed by atoms with van der Waals surface area (Å²) in [4.78, 5) is 22.4. The van der Waals surface area contributed by atoms with Crippen LogP contribution in [0.2, 0.25) is 0 Å². The molecule has 162 valence electrons. The molecule has 4 heterocycles. The van der Waals surface area contributed by atoms with E-state index in [4.69, 9.17) is 9.90 Å². The van der Waals surface area contributed by atoms with E-state index >= 15 is 0 Å². The summed E-state index contributed by atoms with van der Waals surface area (Å²) < 4.78 is 31.7. The van der Waals surface area contributed by atoms with Crippen molar-refractivity contribution in [3.05, 3.63) is 49.1 Å². The molecule has 4 rings (SSSR count). The van der Waals surface area contributed by atoms with Crippen LogP contribution in [0.3, 0.4) is 0 Å². The van der Waals surface area contributed by atoms with E-state index in [9.17, 15) is 13.2 Å². The fourth-order valence-corrected chi connectivity index (χ4v) is 4.17. The number of carboxylic acids is 1. The molecule has 2 fully saturated rings. The lowest BCUT2D eigenvalue weighted by atomic mass is 9.72. The van der Waals surface area contributed by atoms with Crippen LogP contribution in [-0.4, -0.2) is 53.4 Å². The van der Waals surface area contributed by atoms with E-state index < -0.39 is 12.1 Å². The third kappa shape index (κ3) is 5.61. The lowest BCUT2D eigenvalue weighted by Gasteiger charge is -2.48. The van der Waals surface area contributed by atoms with Gasteiger partial charge < -0.3 is 14.9 Å². The summed E-state index contributed by atoms with van der Waals surface area (Å²) in [6.45, 7) is 4.67. The molecular weight excluding hydrogens is 397 g/mol. The molecule has 2 saturated heterocycles. The first-order valence-electron chi connectivity index (χ1n) is 9.89. The van der Waals surface area contributed by atoms with Crippen LogP contribution in [0.5, 0.6) is 0 Å². The van der Waals surface area contributed by atoms with E-state index in [1.54, 1.807) is 0 Å². The molecule has 2 aliphatic rings. The number of aliphatic carboxylic acids is 1. The Balaban J connectivity index is 0.000000318. The maximum absolute atomic E-state index is 10.6. The number of carbonyl (C=O) groups is 1. The lowest BCUT2D eigenvalue weighted by Crippen LogP contribution is -2.49. The van der Waals surface area contributed by atoms with E-state index in [1.165, 1.54) is 50.1 Å². The molecular formula is C21H25F3N4O2. The minimum absolute atomic E-state index is 0.486. The molecule has 0 amide bonds. The van der Waals surface area contributed by atoms with Gasteiger partial charge in [-0.25, -0.2) is 4.79 Å². The second-order valence-electron chi connectivity index (χ2n) is 7.73. The lowest BCUT2D eigenvalue weighted by molar-refractivity contribution is -0.192. The fourth-order valence-electron chi connectivity index (χ4n) is 4.17. The first-order chi connectivity index (χ1) is 14.3. The molecule has 0 aliphatic carbocycles. The van der Waals surface area contributed by atoms with Gasteiger partial charge in [-0.1, -0.05) is 0 Å². The number of nitrogens with zero attached hydrogens (tertiary/aromatic N) is 4. The Hall–Kier alpha value is -2.84. The predicted molar refractivity (Wildman–Crippen MR) is 107 cm³/mol. The number of halogens is 3. The smallest absolute Gasteiger partial charge is 0.475 e. The SMILES string of the molecule is O=C(O)C(F)(F)F.c1cncc(N2CCC3(CCCN(c4ccncc4)C3)CC2)c1. The zero-order chi connectivity index (χ0) is 21.6. The van der Waals surface area contributed by atoms with Crippen molar-refractivity contribution in [3.8, 4) is 0 Å². The first-order valence-corrected chi connectivity index (χ1v) is 9.89. The van der Waals surface area contributed by atoms with Gasteiger partial charge in [-0.3, -0.25) is 9.97 Å². The largest absolute Gasteiger partial charge is 0.490 e. The third-order valence-electron chi connectivity index (χ3n) is 5.77. The summed E-state index contributed by atoms with van der Waals surface area (Å²) >= 11 is 0. The van der Waals surface area contributed by atoms with Gasteiger partial charge in [0.05, 0.1) is 11.9 Å². The minimum atomic E-state index is -5.08. The van der Waals surface area contributed by atoms with E-state index in [0.29, 0.717) is 5.41 Å². The Morgan fingerprint density at radius 1 is 0.933 bits per heavy atom. The van der Waals surface area contributed by atoms with Crippen molar-refractivity contribution in [2.24, 2.45) is 5.41 Å². The molecule has 2 aromatic rings. The summed E-state index contributed by atoms with van der Waals surface area (Å²) in [6.07, 6.45) is 7.80. The maximum atomic E-state index is 10.6. The molecule has 9 heteroatoms. The highest BCUT2D eigenvalue weighted by Crippen LogP contribution is 2.41. The van der Waals surface area contributed by atoms with Crippen molar-refractivity contribution in [1.29, 1.82) is 0 Å². The molecule has 30 heavy (non-hydrogen) atoms. The molecule has 2 aliphatic heterocycles. The number of hydrogen-bond acceptors (Lipinski definition) is 5. The number of piperidine rings is 2. The highest BCUT2D eigenvalue weighted by Gasteiger charge is 2.39. The van der Waals surface area contributed by atoms with Crippen LogP contribution >= 0.6 is 0 Å². The highest BCUT2D eigenvalue weighted by molar-refractivity contribution is 5.73. The zero-order valence-electron chi connectivity index (χ0n) is 16.6. The molecule has 0 radical (unpaired) electrons. The van der Waals surface area contributed by atoms with Gasteiger partial charge in [-0.2, -0.15) is 13.2 Å². The summed E-state index contributed by atoms with van der Waals surface area (Å²) in [5, 5.41) is 7.12. The van der Waals surface area contributed by atoms with Crippen LogP contribution in [0.4, 0.5) is 24.5 Å². The topological polar surface area (TPSA) is 69.6 Å². The van der Waals surface area contributed by atoms with Crippen LogP contribution < -0.4 is 9.80 Å². The summed E-state index contributed by atoms with van der Waals surface area (Å²) in [5.74, 6) is -2.76. The molecule has 0 saturated carbocycles. The van der Waals surface area contributed by atoms with Gasteiger partial charge in [0.25, 0.3) is 0 Å². The quantitative estimate of drug-likeness (QED) is 0.789. The number of hydrogen-bond donors (Lipinski definition) is 1. The third-order valence-corrected chi connectivity index (χ3v) is 5.77. The number of carboxylic acid groups (broad SMARTS) is 1. The summed E-state index contributed by atoms with van der Waals surface area (Å²) in [6, 6.07) is 8.49. The predicted octanol–water partition coefficient (Wildman–Crippen LogP) is 4.00. The monoisotopic (exact) mass is 422 g/mol. The number of alkyl halides is 3. The van der Waals surface area contributed by atoms with Crippen molar-refractivity contribution >= 4 is 17.3 Å². The van der Waals surface area contributed by atoms with E-state index in [-0.39, 0.29) is 0 Å². The van der Waals surface area contributed by atoms with Crippen molar-refractivity contribution < 1.29 is 23.1 Å². The molecule has 1 spiro atoms. The van der Waals surface area contributed by atoms with Gasteiger partial charge in [0.15, 0.2) is 0 Å². The highest BCUT2D eigenvalue weighted by atomic mass is 19.4. The van der Waals surface area contributed by atoms with E-state index in [0.717, 1.165) is 13.1 Å². The molecule has 0 bridgehead atoms. The van der Waals surface area contributed by atoms with Gasteiger partial charge in [-0.05, 0) is 55.4 Å². The van der Waals surface area contributed by atoms with Crippen molar-refractivity contribution in [2.75, 3.05) is 36.0 Å². The number of anilines is 2. The van der Waals surface area contributed by atoms with Crippen LogP contribution in [0.25, 0.3) is 0 Å². The van der Waals surface area contributed by atoms with Gasteiger partial charge in [0.2, 0.25) is 0 Å². The molecule has 6 nitrogen and oxygen atoms in total. The molecule has 0 atom stereocenters. The van der Waals surface area contributed by atoms with E-state index in [2.05, 4.69) is 38.0 Å². The van der Waals surface area contributed by atoms with Gasteiger partial charge >= 0.3 is 12.1 Å². The first kappa shape index (κ1) is 21.9. The standard InChI is InChI=1S/C19H24N4.C2HF3O2/c1-3-18(15-21-9-1)22-13-7-19(8-14-22)6-2-12-23(16-19)17-4-10-20-11-5-17;3-2(4,5)1(6)7/h1,3-5,9-11,15H,2,6-8,12-14,16H2;(H,6,7). The number of rotatable bonds is 2. The van der Waals surface area contributed by atoms with Crippen LogP contribution in [0.15, 0.2) is 49.1 Å². The van der Waals surface area contributed by atoms with Gasteiger partial charge in [0, 0.05) is 50.5 Å². The number of aromatic nitrogens is 2. The number of pyridine rings is 2. The Bertz CT molecular complexity index is 810. The second-order valence-corrected chi connectivity index (χ2v) is 7.73. The Kier molecular flexibility index (Phi) is 6.79. The van der Waals surface area contributed by atoms with Crippen LogP contribution in [-0.2, 0) is 4.79 Å². The van der Waals surface area contributed by atoms with E-state index in [1.807, 2.05) is 30.9 Å². The maximum Gasteiger partial charge on any atom is 0.490 e. The summed E-state index contributed by atoms with van der Waals surface area (Å²) in [7, 11) is 0.